The van der Waals surface area contributed by atoms with Crippen molar-refractivity contribution in [1.82, 2.24) is 4.98 Å². The summed E-state index contributed by atoms with van der Waals surface area (Å²) in [6.07, 6.45) is 2.38. The number of H-pyrrole nitrogens is 1. The minimum Gasteiger partial charge on any atom is -0.424 e. The maximum absolute atomic E-state index is 5.54. The summed E-state index contributed by atoms with van der Waals surface area (Å²) in [5, 5.41) is 2.67. The number of aryl methyl sites for hydroxylation is 1. The van der Waals surface area contributed by atoms with Crippen molar-refractivity contribution in [1.29, 1.82) is 0 Å². The number of aromatic amines is 1. The van der Waals surface area contributed by atoms with Crippen molar-refractivity contribution in [2.24, 2.45) is 0 Å². The van der Waals surface area contributed by atoms with Crippen molar-refractivity contribution in [3.63, 3.8) is 0 Å². The third kappa shape index (κ3) is 2.64. The van der Waals surface area contributed by atoms with E-state index in [0.717, 1.165) is 13.0 Å². The SMILES string of the molecule is CCO[SiH2]CCCc1cccc2c1[nH]c1ccccc12. The number of nitrogens with one attached hydrogen (secondary N) is 1. The van der Waals surface area contributed by atoms with E-state index in [9.17, 15) is 0 Å². The summed E-state index contributed by atoms with van der Waals surface area (Å²) in [7, 11) is -0.290. The van der Waals surface area contributed by atoms with E-state index in [1.54, 1.807) is 0 Å². The molecular formula is C17H21NOSi. The fourth-order valence-electron chi connectivity index (χ4n) is 2.81. The van der Waals surface area contributed by atoms with Crippen LogP contribution in [-0.4, -0.2) is 21.4 Å². The van der Waals surface area contributed by atoms with E-state index in [1.807, 2.05) is 0 Å². The fourth-order valence-corrected chi connectivity index (χ4v) is 3.75. The molecular weight excluding hydrogens is 262 g/mol. The van der Waals surface area contributed by atoms with E-state index in [2.05, 4.69) is 54.4 Å². The summed E-state index contributed by atoms with van der Waals surface area (Å²) in [6.45, 7) is 2.96. The highest BCUT2D eigenvalue weighted by molar-refractivity contribution is 6.26. The quantitative estimate of drug-likeness (QED) is 0.540. The predicted octanol–water partition coefficient (Wildman–Crippen LogP) is 3.79. The molecule has 2 aromatic carbocycles. The number of rotatable bonds is 6. The van der Waals surface area contributed by atoms with Crippen molar-refractivity contribution >= 4 is 31.6 Å². The lowest BCUT2D eigenvalue weighted by Crippen LogP contribution is -1.98. The van der Waals surface area contributed by atoms with Crippen molar-refractivity contribution in [2.75, 3.05) is 6.61 Å². The van der Waals surface area contributed by atoms with Gasteiger partial charge in [0.2, 0.25) is 0 Å². The van der Waals surface area contributed by atoms with Gasteiger partial charge in [0.1, 0.15) is 0 Å². The second-order valence-corrected chi connectivity index (χ2v) is 6.69. The first-order chi connectivity index (χ1) is 9.90. The van der Waals surface area contributed by atoms with Gasteiger partial charge >= 0.3 is 0 Å². The molecule has 0 fully saturated rings. The summed E-state index contributed by atoms with van der Waals surface area (Å²) >= 11 is 0. The molecule has 1 heterocycles. The Balaban J connectivity index is 1.84. The van der Waals surface area contributed by atoms with E-state index in [1.165, 1.54) is 39.8 Å². The van der Waals surface area contributed by atoms with Gasteiger partial charge in [0.15, 0.2) is 9.76 Å². The molecule has 1 N–H and O–H groups in total. The molecule has 0 aliphatic rings. The maximum atomic E-state index is 5.54. The normalized spacial score (nSPS) is 12.1. The van der Waals surface area contributed by atoms with Gasteiger partial charge in [-0.3, -0.25) is 0 Å². The number of hydrogen-bond acceptors (Lipinski definition) is 1. The van der Waals surface area contributed by atoms with Crippen LogP contribution in [0, 0.1) is 0 Å². The number of aromatic nitrogens is 1. The highest BCUT2D eigenvalue weighted by Crippen LogP contribution is 2.28. The third-order valence-corrected chi connectivity index (χ3v) is 5.30. The van der Waals surface area contributed by atoms with Gasteiger partial charge in [-0.15, -0.1) is 0 Å². The number of fused-ring (bicyclic) bond motifs is 3. The molecule has 3 rings (SSSR count). The molecule has 1 aromatic heterocycles. The van der Waals surface area contributed by atoms with Crippen LogP contribution in [0.4, 0.5) is 0 Å². The van der Waals surface area contributed by atoms with E-state index < -0.39 is 0 Å². The Morgan fingerprint density at radius 2 is 1.90 bits per heavy atom. The molecule has 20 heavy (non-hydrogen) atoms. The fraction of sp³-hybridized carbons (Fsp3) is 0.294. The average molecular weight is 283 g/mol. The molecule has 0 saturated carbocycles. The molecule has 0 radical (unpaired) electrons. The molecule has 104 valence electrons. The largest absolute Gasteiger partial charge is 0.424 e. The monoisotopic (exact) mass is 283 g/mol. The van der Waals surface area contributed by atoms with Crippen LogP contribution in [0.15, 0.2) is 42.5 Å². The third-order valence-electron chi connectivity index (χ3n) is 3.82. The van der Waals surface area contributed by atoms with Crippen molar-refractivity contribution in [3.05, 3.63) is 48.0 Å². The van der Waals surface area contributed by atoms with Crippen molar-refractivity contribution in [2.45, 2.75) is 25.8 Å². The highest BCUT2D eigenvalue weighted by atomic mass is 28.2. The first kappa shape index (κ1) is 13.4. The molecule has 0 unspecified atom stereocenters. The lowest BCUT2D eigenvalue weighted by atomic mass is 10.1. The first-order valence-electron chi connectivity index (χ1n) is 7.46. The van der Waals surface area contributed by atoms with Crippen LogP contribution in [0.25, 0.3) is 21.8 Å². The summed E-state index contributed by atoms with van der Waals surface area (Å²) in [5.74, 6) is 0. The Labute approximate surface area is 122 Å². The molecule has 0 bridgehead atoms. The molecule has 0 amide bonds. The Hall–Kier alpha value is -1.58. The van der Waals surface area contributed by atoms with Crippen LogP contribution >= 0.6 is 0 Å². The zero-order valence-corrected chi connectivity index (χ0v) is 13.4. The highest BCUT2D eigenvalue weighted by Gasteiger charge is 2.07. The zero-order chi connectivity index (χ0) is 13.8. The number of benzene rings is 2. The summed E-state index contributed by atoms with van der Waals surface area (Å²) in [6, 6.07) is 16.5. The van der Waals surface area contributed by atoms with Gasteiger partial charge < -0.3 is 9.41 Å². The molecule has 0 aliphatic heterocycles. The second kappa shape index (κ2) is 6.24. The summed E-state index contributed by atoms with van der Waals surface area (Å²) in [4.78, 5) is 3.58. The van der Waals surface area contributed by atoms with Crippen molar-refractivity contribution < 1.29 is 4.43 Å². The van der Waals surface area contributed by atoms with Crippen LogP contribution < -0.4 is 0 Å². The van der Waals surface area contributed by atoms with Gasteiger partial charge in [0.25, 0.3) is 0 Å². The lowest BCUT2D eigenvalue weighted by Gasteiger charge is -2.03. The van der Waals surface area contributed by atoms with Gasteiger partial charge in [-0.25, -0.2) is 0 Å². The van der Waals surface area contributed by atoms with Gasteiger partial charge in [-0.2, -0.15) is 0 Å². The van der Waals surface area contributed by atoms with Gasteiger partial charge in [-0.1, -0.05) is 36.4 Å². The second-order valence-electron chi connectivity index (χ2n) is 5.16. The van der Waals surface area contributed by atoms with E-state index in [0.29, 0.717) is 0 Å². The predicted molar refractivity (Wildman–Crippen MR) is 89.1 cm³/mol. The first-order valence-corrected chi connectivity index (χ1v) is 9.04. The Morgan fingerprint density at radius 1 is 1.05 bits per heavy atom. The van der Waals surface area contributed by atoms with Crippen LogP contribution in [0.2, 0.25) is 6.04 Å². The van der Waals surface area contributed by atoms with Gasteiger partial charge in [0.05, 0.1) is 0 Å². The summed E-state index contributed by atoms with van der Waals surface area (Å²) < 4.78 is 5.54. The Bertz CT molecular complexity index is 704. The lowest BCUT2D eigenvalue weighted by molar-refractivity contribution is 0.359. The van der Waals surface area contributed by atoms with Crippen LogP contribution in [0.1, 0.15) is 18.9 Å². The van der Waals surface area contributed by atoms with Crippen LogP contribution in [0.3, 0.4) is 0 Å². The number of hydrogen-bond donors (Lipinski definition) is 1. The maximum Gasteiger partial charge on any atom is 0.161 e. The molecule has 0 spiro atoms. The minimum absolute atomic E-state index is 0.290. The van der Waals surface area contributed by atoms with E-state index in [4.69, 9.17) is 4.43 Å². The Kier molecular flexibility index (Phi) is 4.18. The smallest absolute Gasteiger partial charge is 0.161 e. The van der Waals surface area contributed by atoms with E-state index >= 15 is 0 Å². The van der Waals surface area contributed by atoms with E-state index in [-0.39, 0.29) is 9.76 Å². The van der Waals surface area contributed by atoms with Crippen LogP contribution in [-0.2, 0) is 10.8 Å². The Morgan fingerprint density at radius 3 is 2.80 bits per heavy atom. The average Bonchev–Trinajstić information content (AvgIpc) is 2.87. The molecule has 0 atom stereocenters. The van der Waals surface area contributed by atoms with Gasteiger partial charge in [0, 0.05) is 28.4 Å². The molecule has 0 aliphatic carbocycles. The summed E-state index contributed by atoms with van der Waals surface area (Å²) in [5.41, 5.74) is 3.98. The van der Waals surface area contributed by atoms with Gasteiger partial charge in [-0.05, 0) is 37.4 Å². The standard InChI is InChI=1S/C17H21NOSi/c1-2-19-20-12-6-8-13-7-5-10-15-14-9-3-4-11-16(14)18-17(13)15/h3-5,7,9-11,18H,2,6,8,12,20H2,1H3. The minimum atomic E-state index is -0.290. The molecule has 3 heteroatoms. The molecule has 2 nitrogen and oxygen atoms in total. The molecule has 3 aromatic rings. The molecule has 0 saturated heterocycles. The topological polar surface area (TPSA) is 25.0 Å². The zero-order valence-electron chi connectivity index (χ0n) is 12.0. The van der Waals surface area contributed by atoms with Crippen molar-refractivity contribution in [3.8, 4) is 0 Å². The van der Waals surface area contributed by atoms with Crippen LogP contribution in [0.5, 0.6) is 0 Å². The number of para-hydroxylation sites is 2.